The molecule has 6 heteroatoms. The third kappa shape index (κ3) is 5.65. The van der Waals surface area contributed by atoms with Crippen LogP contribution in [0, 0.1) is 0 Å². The van der Waals surface area contributed by atoms with Gasteiger partial charge in [0.15, 0.2) is 0 Å². The predicted molar refractivity (Wildman–Crippen MR) is 118 cm³/mol. The van der Waals surface area contributed by atoms with Crippen molar-refractivity contribution in [2.24, 2.45) is 0 Å². The van der Waals surface area contributed by atoms with Gasteiger partial charge in [-0.1, -0.05) is 71.9 Å². The second kappa shape index (κ2) is 9.82. The Morgan fingerprint density at radius 1 is 0.839 bits per heavy atom. The molecule has 156 valence electrons. The third-order valence-electron chi connectivity index (χ3n) is 4.93. The molecule has 1 aromatic heterocycles. The van der Waals surface area contributed by atoms with E-state index in [0.717, 1.165) is 23.1 Å². The van der Waals surface area contributed by atoms with Crippen LogP contribution in [0.5, 0.6) is 0 Å². The lowest BCUT2D eigenvalue weighted by Crippen LogP contribution is -2.17. The molecule has 0 spiro atoms. The molecule has 6 nitrogen and oxygen atoms in total. The number of rotatable bonds is 9. The first kappa shape index (κ1) is 20.5. The summed E-state index contributed by atoms with van der Waals surface area (Å²) in [5.74, 6) is 0.219. The smallest absolute Gasteiger partial charge is 0.304 e. The van der Waals surface area contributed by atoms with Crippen molar-refractivity contribution in [2.75, 3.05) is 6.54 Å². The van der Waals surface area contributed by atoms with Gasteiger partial charge < -0.3 is 14.9 Å². The monoisotopic (exact) mass is 413 g/mol. The van der Waals surface area contributed by atoms with Gasteiger partial charge in [-0.25, -0.2) is 0 Å². The lowest BCUT2D eigenvalue weighted by Gasteiger charge is -2.04. The molecule has 0 bridgehead atoms. The van der Waals surface area contributed by atoms with Crippen LogP contribution in [-0.2, 0) is 17.8 Å². The van der Waals surface area contributed by atoms with Gasteiger partial charge in [-0.3, -0.25) is 4.79 Å². The number of aromatic nitrogens is 2. The average molecular weight is 413 g/mol. The number of carbonyl (C=O) groups is 1. The Morgan fingerprint density at radius 2 is 1.48 bits per heavy atom. The van der Waals surface area contributed by atoms with Crippen molar-refractivity contribution < 1.29 is 14.4 Å². The highest BCUT2D eigenvalue weighted by atomic mass is 16.5. The van der Waals surface area contributed by atoms with Crippen molar-refractivity contribution in [3.05, 3.63) is 95.6 Å². The molecule has 0 saturated carbocycles. The van der Waals surface area contributed by atoms with Crippen molar-refractivity contribution in [3.63, 3.8) is 0 Å². The minimum absolute atomic E-state index is 0.108. The van der Waals surface area contributed by atoms with Gasteiger partial charge in [-0.2, -0.15) is 4.98 Å². The van der Waals surface area contributed by atoms with E-state index in [1.807, 2.05) is 54.6 Å². The number of carboxylic acid groups (broad SMARTS) is 1. The van der Waals surface area contributed by atoms with Gasteiger partial charge in [0.25, 0.3) is 5.89 Å². The van der Waals surface area contributed by atoms with Crippen LogP contribution in [0.15, 0.2) is 83.4 Å². The van der Waals surface area contributed by atoms with E-state index < -0.39 is 5.97 Å². The summed E-state index contributed by atoms with van der Waals surface area (Å²) in [4.78, 5) is 15.1. The zero-order valence-electron chi connectivity index (χ0n) is 17.0. The van der Waals surface area contributed by atoms with E-state index in [9.17, 15) is 4.79 Å². The first-order valence-corrected chi connectivity index (χ1v) is 10.2. The van der Waals surface area contributed by atoms with Crippen LogP contribution in [-0.4, -0.2) is 27.8 Å². The minimum atomic E-state index is -0.804. The Hall–Kier alpha value is -3.77. The molecule has 3 aromatic carbocycles. The Kier molecular flexibility index (Phi) is 6.50. The predicted octanol–water partition coefficient (Wildman–Crippen LogP) is 4.56. The number of nitrogens with zero attached hydrogens (tertiary/aromatic N) is 2. The number of benzene rings is 3. The Labute approximate surface area is 180 Å². The van der Waals surface area contributed by atoms with Crippen molar-refractivity contribution in [2.45, 2.75) is 19.4 Å². The maximum atomic E-state index is 10.5. The fourth-order valence-electron chi connectivity index (χ4n) is 3.25. The summed E-state index contributed by atoms with van der Waals surface area (Å²) in [6, 6.07) is 26.3. The lowest BCUT2D eigenvalue weighted by molar-refractivity contribution is -0.136. The van der Waals surface area contributed by atoms with E-state index in [1.165, 1.54) is 11.1 Å². The summed E-state index contributed by atoms with van der Waals surface area (Å²) in [6.07, 6.45) is 0.991. The fraction of sp³-hybridized carbons (Fsp3) is 0.160. The van der Waals surface area contributed by atoms with Gasteiger partial charge >= 0.3 is 5.97 Å². The van der Waals surface area contributed by atoms with Crippen LogP contribution in [0.1, 0.15) is 23.1 Å². The average Bonchev–Trinajstić information content (AvgIpc) is 3.29. The van der Waals surface area contributed by atoms with E-state index in [1.54, 1.807) is 0 Å². The van der Waals surface area contributed by atoms with Gasteiger partial charge in [-0.15, -0.1) is 0 Å². The van der Waals surface area contributed by atoms with Crippen LogP contribution >= 0.6 is 0 Å². The van der Waals surface area contributed by atoms with Crippen molar-refractivity contribution in [1.82, 2.24) is 15.5 Å². The van der Waals surface area contributed by atoms with E-state index in [2.05, 4.69) is 39.7 Å². The van der Waals surface area contributed by atoms with Crippen LogP contribution in [0.3, 0.4) is 0 Å². The first-order chi connectivity index (χ1) is 15.2. The van der Waals surface area contributed by atoms with E-state index in [4.69, 9.17) is 9.63 Å². The standard InChI is InChI=1S/C25H23N3O3/c29-23(30)14-15-26-17-20-8-10-21(11-9-20)24-27-25(31-28-24)22-12-6-19(7-13-22)16-18-4-2-1-3-5-18/h1-13,26H,14-17H2,(H,29,30). The highest BCUT2D eigenvalue weighted by Gasteiger charge is 2.11. The van der Waals surface area contributed by atoms with Gasteiger partial charge in [0.1, 0.15) is 0 Å². The molecule has 0 radical (unpaired) electrons. The largest absolute Gasteiger partial charge is 0.481 e. The Balaban J connectivity index is 1.38. The summed E-state index contributed by atoms with van der Waals surface area (Å²) < 4.78 is 5.47. The summed E-state index contributed by atoms with van der Waals surface area (Å²) in [7, 11) is 0. The molecule has 0 amide bonds. The molecule has 1 heterocycles. The van der Waals surface area contributed by atoms with Gasteiger partial charge in [-0.05, 0) is 35.2 Å². The highest BCUT2D eigenvalue weighted by Crippen LogP contribution is 2.23. The van der Waals surface area contributed by atoms with Gasteiger partial charge in [0, 0.05) is 24.2 Å². The molecular weight excluding hydrogens is 390 g/mol. The maximum Gasteiger partial charge on any atom is 0.304 e. The third-order valence-corrected chi connectivity index (χ3v) is 4.93. The van der Waals surface area contributed by atoms with Crippen LogP contribution in [0.2, 0.25) is 0 Å². The number of hydrogen-bond donors (Lipinski definition) is 2. The quantitative estimate of drug-likeness (QED) is 0.391. The molecular formula is C25H23N3O3. The second-order valence-electron chi connectivity index (χ2n) is 7.30. The number of nitrogens with one attached hydrogen (secondary N) is 1. The van der Waals surface area contributed by atoms with Crippen molar-refractivity contribution in [1.29, 1.82) is 0 Å². The maximum absolute atomic E-state index is 10.5. The molecule has 2 N–H and O–H groups in total. The SMILES string of the molecule is O=C(O)CCNCc1ccc(-c2noc(-c3ccc(Cc4ccccc4)cc3)n2)cc1. The molecule has 0 fully saturated rings. The van der Waals surface area contributed by atoms with E-state index in [-0.39, 0.29) is 6.42 Å². The molecule has 4 aromatic rings. The van der Waals surface area contributed by atoms with Crippen LogP contribution in [0.25, 0.3) is 22.8 Å². The van der Waals surface area contributed by atoms with Crippen molar-refractivity contribution in [3.8, 4) is 22.8 Å². The molecule has 0 unspecified atom stereocenters. The Bertz CT molecular complexity index is 1120. The van der Waals surface area contributed by atoms with Crippen molar-refractivity contribution >= 4 is 5.97 Å². The fourth-order valence-corrected chi connectivity index (χ4v) is 3.25. The summed E-state index contributed by atoms with van der Waals surface area (Å²) in [5.41, 5.74) is 5.31. The molecule has 0 aliphatic rings. The van der Waals surface area contributed by atoms with Gasteiger partial charge in [0.2, 0.25) is 5.82 Å². The molecule has 31 heavy (non-hydrogen) atoms. The van der Waals surface area contributed by atoms with E-state index >= 15 is 0 Å². The highest BCUT2D eigenvalue weighted by molar-refractivity contribution is 5.66. The number of hydrogen-bond acceptors (Lipinski definition) is 5. The second-order valence-corrected chi connectivity index (χ2v) is 7.30. The number of carboxylic acids is 1. The minimum Gasteiger partial charge on any atom is -0.481 e. The zero-order valence-corrected chi connectivity index (χ0v) is 17.0. The van der Waals surface area contributed by atoms with Gasteiger partial charge in [0.05, 0.1) is 6.42 Å². The summed E-state index contributed by atoms with van der Waals surface area (Å²) >= 11 is 0. The molecule has 0 atom stereocenters. The molecule has 4 rings (SSSR count). The molecule has 0 aliphatic carbocycles. The summed E-state index contributed by atoms with van der Waals surface area (Å²) in [5, 5.41) is 15.9. The van der Waals surface area contributed by atoms with E-state index in [0.29, 0.717) is 24.8 Å². The summed E-state index contributed by atoms with van der Waals surface area (Å²) in [6.45, 7) is 1.05. The van der Waals surface area contributed by atoms with Crippen LogP contribution in [0.4, 0.5) is 0 Å². The lowest BCUT2D eigenvalue weighted by atomic mass is 10.0. The molecule has 0 aliphatic heterocycles. The molecule has 0 saturated heterocycles. The first-order valence-electron chi connectivity index (χ1n) is 10.2. The normalized spacial score (nSPS) is 10.8. The number of aliphatic carboxylic acids is 1. The topological polar surface area (TPSA) is 88.2 Å². The van der Waals surface area contributed by atoms with Crippen LogP contribution < -0.4 is 5.32 Å². The Morgan fingerprint density at radius 3 is 2.19 bits per heavy atom. The zero-order chi connectivity index (χ0) is 21.5.